The number of carboxylic acid groups (broad SMARTS) is 2. The lowest BCUT2D eigenvalue weighted by atomic mass is 10.0. The molecule has 0 aliphatic rings. The van der Waals surface area contributed by atoms with Gasteiger partial charge in [0.15, 0.2) is 5.96 Å². The van der Waals surface area contributed by atoms with Crippen LogP contribution >= 0.6 is 0 Å². The summed E-state index contributed by atoms with van der Waals surface area (Å²) in [5.41, 5.74) is 22.8. The quantitative estimate of drug-likeness (QED) is 0.0235. The summed E-state index contributed by atoms with van der Waals surface area (Å²) < 4.78 is 0. The predicted molar refractivity (Wildman–Crippen MR) is 223 cm³/mol. The van der Waals surface area contributed by atoms with Crippen LogP contribution in [0.3, 0.4) is 0 Å². The van der Waals surface area contributed by atoms with Gasteiger partial charge in [-0.3, -0.25) is 43.3 Å². The first-order chi connectivity index (χ1) is 28.5. The number of primary amides is 1. The van der Waals surface area contributed by atoms with E-state index < -0.39 is 115 Å². The zero-order valence-corrected chi connectivity index (χ0v) is 35.3. The first-order valence-electron chi connectivity index (χ1n) is 19.9. The molecule has 16 N–H and O–H groups in total. The van der Waals surface area contributed by atoms with E-state index in [2.05, 4.69) is 36.9 Å². The number of hydrogen-bond acceptors (Lipinski definition) is 11. The molecule has 0 aliphatic carbocycles. The maximum Gasteiger partial charge on any atom is 0.326 e. The molecule has 0 spiro atoms. The fraction of sp³-hybridized carbons (Fsp3) is 0.590. The molecule has 0 saturated carbocycles. The van der Waals surface area contributed by atoms with Crippen LogP contribution in [0.15, 0.2) is 35.3 Å². The number of hydrogen-bond donors (Lipinski definition) is 12. The van der Waals surface area contributed by atoms with Gasteiger partial charge in [-0.15, -0.1) is 0 Å². The van der Waals surface area contributed by atoms with E-state index in [4.69, 9.17) is 22.9 Å². The van der Waals surface area contributed by atoms with Crippen molar-refractivity contribution in [3.8, 4) is 0 Å². The summed E-state index contributed by atoms with van der Waals surface area (Å²) in [5, 5.41) is 33.7. The first-order valence-corrected chi connectivity index (χ1v) is 19.9. The Morgan fingerprint density at radius 3 is 1.57 bits per heavy atom. The van der Waals surface area contributed by atoms with E-state index in [1.165, 1.54) is 6.92 Å². The average Bonchev–Trinajstić information content (AvgIpc) is 3.15. The third-order valence-corrected chi connectivity index (χ3v) is 8.95. The molecule has 0 aromatic heterocycles. The van der Waals surface area contributed by atoms with Gasteiger partial charge in [-0.2, -0.15) is 0 Å². The Morgan fingerprint density at radius 1 is 0.607 bits per heavy atom. The van der Waals surface area contributed by atoms with Crippen LogP contribution in [0.25, 0.3) is 0 Å². The molecule has 0 heterocycles. The smallest absolute Gasteiger partial charge is 0.326 e. The van der Waals surface area contributed by atoms with Crippen molar-refractivity contribution < 1.29 is 53.4 Å². The number of amides is 7. The Labute approximate surface area is 354 Å². The Bertz CT molecular complexity index is 1700. The standard InChI is InChI=1S/C39H63N11O11/c1-20(2)16-27(48-32(54)22(5)45-33(55)24(40)18-23-10-7-6-8-11-23)36(58)50-29(19-30(41)51)37(59)46-25(13-14-31(52)53)34(56)49-28(17-21(3)4)35(57)47-26(38(60)61)12-9-15-44-39(42)43/h6-8,10-11,20-22,24-29H,9,12-19,40H2,1-5H3,(H2,41,51)(H,45,55)(H,46,59)(H,47,57)(H,48,54)(H,49,56)(H,50,58)(H,52,53)(H,60,61)(H4,42,43,44)/t22-,24-,25-,26-,27-,28-,29-/m0/s1. The van der Waals surface area contributed by atoms with Crippen molar-refractivity contribution in [2.75, 3.05) is 6.54 Å². The average molecular weight is 862 g/mol. The van der Waals surface area contributed by atoms with Gasteiger partial charge in [0.1, 0.15) is 36.3 Å². The van der Waals surface area contributed by atoms with Gasteiger partial charge in [-0.1, -0.05) is 58.0 Å². The highest BCUT2D eigenvalue weighted by molar-refractivity contribution is 5.98. The predicted octanol–water partition coefficient (Wildman–Crippen LogP) is -2.54. The molecule has 7 amide bonds. The van der Waals surface area contributed by atoms with Crippen LogP contribution in [0.4, 0.5) is 0 Å². The first kappa shape index (κ1) is 52.7. The summed E-state index contributed by atoms with van der Waals surface area (Å²) in [5.74, 6) is -9.69. The molecule has 1 aromatic carbocycles. The van der Waals surface area contributed by atoms with Gasteiger partial charge >= 0.3 is 11.9 Å². The van der Waals surface area contributed by atoms with Crippen molar-refractivity contribution in [3.05, 3.63) is 35.9 Å². The van der Waals surface area contributed by atoms with E-state index in [0.29, 0.717) is 0 Å². The second kappa shape index (κ2) is 26.7. The van der Waals surface area contributed by atoms with Crippen LogP contribution in [-0.4, -0.2) is 118 Å². The highest BCUT2D eigenvalue weighted by Gasteiger charge is 2.34. The van der Waals surface area contributed by atoms with Crippen molar-refractivity contribution in [1.82, 2.24) is 31.9 Å². The minimum Gasteiger partial charge on any atom is -0.481 e. The summed E-state index contributed by atoms with van der Waals surface area (Å²) in [4.78, 5) is 120. The molecule has 1 aromatic rings. The number of aliphatic carboxylic acids is 2. The maximum absolute atomic E-state index is 13.7. The van der Waals surface area contributed by atoms with Gasteiger partial charge in [0, 0.05) is 13.0 Å². The maximum atomic E-state index is 13.7. The second-order valence-electron chi connectivity index (χ2n) is 15.5. The van der Waals surface area contributed by atoms with Gasteiger partial charge in [0.2, 0.25) is 41.4 Å². The van der Waals surface area contributed by atoms with Gasteiger partial charge in [0.05, 0.1) is 12.5 Å². The van der Waals surface area contributed by atoms with Gasteiger partial charge in [-0.05, 0) is 62.8 Å². The van der Waals surface area contributed by atoms with Crippen LogP contribution in [0.2, 0.25) is 0 Å². The molecule has 1 rings (SSSR count). The van der Waals surface area contributed by atoms with Crippen molar-refractivity contribution in [2.45, 2.75) is 128 Å². The fourth-order valence-corrected chi connectivity index (χ4v) is 5.85. The van der Waals surface area contributed by atoms with Crippen molar-refractivity contribution in [3.63, 3.8) is 0 Å². The summed E-state index contributed by atoms with van der Waals surface area (Å²) in [6.07, 6.45) is -1.56. The molecule has 0 aliphatic heterocycles. The second-order valence-corrected chi connectivity index (χ2v) is 15.5. The lowest BCUT2D eigenvalue weighted by molar-refractivity contribution is -0.142. The highest BCUT2D eigenvalue weighted by Crippen LogP contribution is 2.11. The van der Waals surface area contributed by atoms with Crippen LogP contribution in [-0.2, 0) is 49.6 Å². The molecule has 0 radical (unpaired) electrons. The number of carbonyl (C=O) groups is 9. The number of benzene rings is 1. The Kier molecular flexibility index (Phi) is 23.1. The molecule has 22 heteroatoms. The number of rotatable bonds is 28. The topological polar surface area (TPSA) is 383 Å². The zero-order chi connectivity index (χ0) is 46.4. The largest absolute Gasteiger partial charge is 0.481 e. The minimum absolute atomic E-state index is 0.00359. The number of carboxylic acids is 2. The highest BCUT2D eigenvalue weighted by atomic mass is 16.4. The Morgan fingerprint density at radius 2 is 1.08 bits per heavy atom. The van der Waals surface area contributed by atoms with Gasteiger partial charge < -0.3 is 65.0 Å². The minimum atomic E-state index is -1.73. The van der Waals surface area contributed by atoms with Crippen molar-refractivity contribution >= 4 is 59.2 Å². The van der Waals surface area contributed by atoms with Crippen LogP contribution < -0.4 is 54.8 Å². The number of nitrogens with two attached hydrogens (primary N) is 4. The third kappa shape index (κ3) is 21.5. The van der Waals surface area contributed by atoms with Crippen LogP contribution in [0.1, 0.15) is 85.1 Å². The fourth-order valence-electron chi connectivity index (χ4n) is 5.85. The monoisotopic (exact) mass is 861 g/mol. The number of nitrogens with one attached hydrogen (secondary N) is 6. The van der Waals surface area contributed by atoms with Crippen molar-refractivity contribution in [2.24, 2.45) is 39.8 Å². The summed E-state index contributed by atoms with van der Waals surface area (Å²) >= 11 is 0. The third-order valence-electron chi connectivity index (χ3n) is 8.95. The molecule has 0 bridgehead atoms. The molecule has 61 heavy (non-hydrogen) atoms. The van der Waals surface area contributed by atoms with E-state index >= 15 is 0 Å². The molecule has 0 unspecified atom stereocenters. The van der Waals surface area contributed by atoms with Crippen molar-refractivity contribution in [1.29, 1.82) is 0 Å². The molecular weight excluding hydrogens is 798 g/mol. The van der Waals surface area contributed by atoms with E-state index in [1.54, 1.807) is 52.0 Å². The van der Waals surface area contributed by atoms with E-state index in [9.17, 15) is 53.4 Å². The lowest BCUT2D eigenvalue weighted by Gasteiger charge is -2.27. The number of nitrogens with zero attached hydrogens (tertiary/aromatic N) is 1. The number of carbonyl (C=O) groups excluding carboxylic acids is 7. The van der Waals surface area contributed by atoms with Crippen LogP contribution in [0.5, 0.6) is 0 Å². The van der Waals surface area contributed by atoms with Crippen LogP contribution in [0, 0.1) is 11.8 Å². The number of aliphatic imine (C=N–C) groups is 1. The summed E-state index contributed by atoms with van der Waals surface area (Å²) in [6, 6.07) is -0.547. The molecule has 0 fully saturated rings. The van der Waals surface area contributed by atoms with Gasteiger partial charge in [-0.25, -0.2) is 4.79 Å². The molecule has 0 saturated heterocycles. The lowest BCUT2D eigenvalue weighted by Crippen LogP contribution is -2.60. The molecule has 22 nitrogen and oxygen atoms in total. The number of guanidine groups is 1. The zero-order valence-electron chi connectivity index (χ0n) is 35.3. The molecular formula is C39H63N11O11. The van der Waals surface area contributed by atoms with Gasteiger partial charge in [0.25, 0.3) is 0 Å². The van der Waals surface area contributed by atoms with E-state index in [0.717, 1.165) is 5.56 Å². The molecule has 7 atom stereocenters. The summed E-state index contributed by atoms with van der Waals surface area (Å²) in [7, 11) is 0. The Balaban J connectivity index is 3.22. The SMILES string of the molecule is CC(C)C[C@H](NC(=O)[C@H](C)NC(=O)[C@@H](N)Cc1ccccc1)C(=O)N[C@@H](CC(N)=O)C(=O)N[C@@H](CCC(=O)O)C(=O)N[C@@H](CC(C)C)C(=O)N[C@@H](CCCN=C(N)N)C(=O)O. The normalized spacial score (nSPS) is 14.4. The Hall–Kier alpha value is -6.32. The molecule has 340 valence electrons. The van der Waals surface area contributed by atoms with E-state index in [-0.39, 0.29) is 56.4 Å². The van der Waals surface area contributed by atoms with E-state index in [1.807, 2.05) is 6.07 Å². The summed E-state index contributed by atoms with van der Waals surface area (Å²) in [6.45, 7) is 8.44.